The molecule has 0 aliphatic rings. The number of pyridine rings is 1. The molecule has 0 bridgehead atoms. The molecule has 0 aliphatic heterocycles. The third-order valence-electron chi connectivity index (χ3n) is 2.47. The first-order chi connectivity index (χ1) is 8.34. The second-order valence-corrected chi connectivity index (χ2v) is 5.88. The molecule has 2 heterocycles. The van der Waals surface area contributed by atoms with Crippen molar-refractivity contribution in [2.45, 2.75) is 9.10 Å². The maximum atomic E-state index is 5.95. The first-order valence-corrected chi connectivity index (χ1v) is 6.89. The van der Waals surface area contributed by atoms with Crippen LogP contribution in [-0.2, 0) is 0 Å². The van der Waals surface area contributed by atoms with Gasteiger partial charge in [-0.1, -0.05) is 17.8 Å². The maximum Gasteiger partial charge on any atom is 0.0862 e. The highest BCUT2D eigenvalue weighted by atomic mass is 32.2. The molecule has 17 heavy (non-hydrogen) atoms. The van der Waals surface area contributed by atoms with Crippen LogP contribution in [0.3, 0.4) is 0 Å². The van der Waals surface area contributed by atoms with Gasteiger partial charge in [-0.25, -0.2) is 0 Å². The van der Waals surface area contributed by atoms with Gasteiger partial charge < -0.3 is 5.73 Å². The Kier molecular flexibility index (Phi) is 2.74. The second kappa shape index (κ2) is 4.39. The molecule has 84 valence electrons. The Morgan fingerprint density at radius 1 is 1.12 bits per heavy atom. The molecule has 2 nitrogen and oxygen atoms in total. The van der Waals surface area contributed by atoms with Crippen molar-refractivity contribution < 1.29 is 0 Å². The molecule has 0 atom stereocenters. The zero-order valence-corrected chi connectivity index (χ0v) is 10.6. The summed E-state index contributed by atoms with van der Waals surface area (Å²) in [4.78, 5) is 5.58. The van der Waals surface area contributed by atoms with Crippen LogP contribution in [0.5, 0.6) is 0 Å². The quantitative estimate of drug-likeness (QED) is 0.705. The predicted octanol–water partition coefficient (Wildman–Crippen LogP) is 4.03. The molecule has 0 aliphatic carbocycles. The molecule has 2 N–H and O–H groups in total. The summed E-state index contributed by atoms with van der Waals surface area (Å²) in [6.07, 6.45) is 1.81. The molecule has 3 rings (SSSR count). The van der Waals surface area contributed by atoms with Crippen LogP contribution >= 0.6 is 23.1 Å². The van der Waals surface area contributed by atoms with Crippen molar-refractivity contribution in [1.82, 2.24) is 4.98 Å². The van der Waals surface area contributed by atoms with Gasteiger partial charge in [-0.2, -0.15) is 0 Å². The van der Waals surface area contributed by atoms with Crippen LogP contribution in [0, 0.1) is 0 Å². The van der Waals surface area contributed by atoms with Crippen LogP contribution in [0.2, 0.25) is 0 Å². The lowest BCUT2D eigenvalue weighted by atomic mass is 10.2. The molecule has 3 aromatic rings. The Morgan fingerprint density at radius 2 is 2.06 bits per heavy atom. The van der Waals surface area contributed by atoms with E-state index in [1.54, 1.807) is 29.3 Å². The van der Waals surface area contributed by atoms with Crippen LogP contribution in [0.15, 0.2) is 57.1 Å². The van der Waals surface area contributed by atoms with Gasteiger partial charge in [0.25, 0.3) is 0 Å². The van der Waals surface area contributed by atoms with Crippen LogP contribution in [0.1, 0.15) is 0 Å². The van der Waals surface area contributed by atoms with Crippen LogP contribution in [0.4, 0.5) is 5.69 Å². The Labute approximate surface area is 107 Å². The molecular formula is C13H10N2S2. The van der Waals surface area contributed by atoms with E-state index >= 15 is 0 Å². The van der Waals surface area contributed by atoms with Crippen molar-refractivity contribution in [3.8, 4) is 0 Å². The van der Waals surface area contributed by atoms with E-state index in [1.165, 1.54) is 4.21 Å². The van der Waals surface area contributed by atoms with Crippen molar-refractivity contribution in [2.24, 2.45) is 0 Å². The predicted molar refractivity (Wildman–Crippen MR) is 74.6 cm³/mol. The summed E-state index contributed by atoms with van der Waals surface area (Å²) in [5.74, 6) is 0. The molecule has 0 amide bonds. The summed E-state index contributed by atoms with van der Waals surface area (Å²) in [7, 11) is 0. The van der Waals surface area contributed by atoms with E-state index in [-0.39, 0.29) is 0 Å². The molecule has 4 heteroatoms. The average molecular weight is 258 g/mol. The number of nitrogens with zero attached hydrogens (tertiary/aromatic N) is 1. The Hall–Kier alpha value is -1.52. The zero-order chi connectivity index (χ0) is 11.7. The normalized spacial score (nSPS) is 10.8. The maximum absolute atomic E-state index is 5.95. The first-order valence-electron chi connectivity index (χ1n) is 5.19. The summed E-state index contributed by atoms with van der Waals surface area (Å²) in [6, 6.07) is 12.1. The van der Waals surface area contributed by atoms with Crippen LogP contribution < -0.4 is 5.73 Å². The number of benzene rings is 1. The van der Waals surface area contributed by atoms with E-state index < -0.39 is 0 Å². The fourth-order valence-corrected chi connectivity index (χ4v) is 3.52. The second-order valence-electron chi connectivity index (χ2n) is 3.59. The van der Waals surface area contributed by atoms with E-state index in [0.29, 0.717) is 0 Å². The number of hydrogen-bond acceptors (Lipinski definition) is 4. The molecule has 2 aromatic heterocycles. The minimum atomic E-state index is 0.781. The third-order valence-corrected chi connectivity index (χ3v) is 4.56. The Bertz CT molecular complexity index is 648. The fourth-order valence-electron chi connectivity index (χ4n) is 1.68. The summed E-state index contributed by atoms with van der Waals surface area (Å²) in [5.41, 5.74) is 7.71. The number of thiophene rings is 1. The first kappa shape index (κ1) is 10.6. The molecule has 0 unspecified atom stereocenters. The van der Waals surface area contributed by atoms with Gasteiger partial charge in [0, 0.05) is 22.2 Å². The van der Waals surface area contributed by atoms with Gasteiger partial charge in [-0.05, 0) is 35.7 Å². The van der Waals surface area contributed by atoms with E-state index in [4.69, 9.17) is 5.73 Å². The molecular weight excluding hydrogens is 248 g/mol. The van der Waals surface area contributed by atoms with Gasteiger partial charge >= 0.3 is 0 Å². The average Bonchev–Trinajstić information content (AvgIpc) is 2.86. The van der Waals surface area contributed by atoms with E-state index in [2.05, 4.69) is 22.5 Å². The van der Waals surface area contributed by atoms with Crippen molar-refractivity contribution >= 4 is 39.7 Å². The highest BCUT2D eigenvalue weighted by Crippen LogP contribution is 2.36. The highest BCUT2D eigenvalue weighted by molar-refractivity contribution is 8.01. The molecule has 1 aromatic carbocycles. The number of hydrogen-bond donors (Lipinski definition) is 1. The standard InChI is InChI=1S/C13H10N2S2/c14-10-5-6-11(17-12-4-2-8-16-12)13-9(10)3-1-7-15-13/h1-8H,14H2. The largest absolute Gasteiger partial charge is 0.398 e. The number of aromatic nitrogens is 1. The third kappa shape index (κ3) is 2.01. The van der Waals surface area contributed by atoms with Crippen molar-refractivity contribution in [3.63, 3.8) is 0 Å². The van der Waals surface area contributed by atoms with Crippen LogP contribution in [0.25, 0.3) is 10.9 Å². The molecule has 0 saturated heterocycles. The number of fused-ring (bicyclic) bond motifs is 1. The van der Waals surface area contributed by atoms with Gasteiger partial charge in [0.1, 0.15) is 0 Å². The lowest BCUT2D eigenvalue weighted by molar-refractivity contribution is 1.35. The number of anilines is 1. The molecule has 0 radical (unpaired) electrons. The van der Waals surface area contributed by atoms with Crippen molar-refractivity contribution in [3.05, 3.63) is 48.0 Å². The number of rotatable bonds is 2. The topological polar surface area (TPSA) is 38.9 Å². The van der Waals surface area contributed by atoms with E-state index in [1.807, 2.05) is 24.3 Å². The Balaban J connectivity index is 2.14. The SMILES string of the molecule is Nc1ccc(Sc2cccs2)c2ncccc12. The molecule has 0 fully saturated rings. The van der Waals surface area contributed by atoms with E-state index in [0.717, 1.165) is 21.5 Å². The van der Waals surface area contributed by atoms with Gasteiger partial charge in [-0.3, -0.25) is 4.98 Å². The van der Waals surface area contributed by atoms with Crippen molar-refractivity contribution in [2.75, 3.05) is 5.73 Å². The summed E-state index contributed by atoms with van der Waals surface area (Å²) >= 11 is 3.47. The van der Waals surface area contributed by atoms with Gasteiger partial charge in [-0.15, -0.1) is 11.3 Å². The van der Waals surface area contributed by atoms with Crippen molar-refractivity contribution in [1.29, 1.82) is 0 Å². The van der Waals surface area contributed by atoms with Gasteiger partial charge in [0.05, 0.1) is 9.73 Å². The lowest BCUT2D eigenvalue weighted by Crippen LogP contribution is -1.89. The highest BCUT2D eigenvalue weighted by Gasteiger charge is 2.06. The van der Waals surface area contributed by atoms with Crippen LogP contribution in [-0.4, -0.2) is 4.98 Å². The number of nitrogen functional groups attached to an aromatic ring is 1. The van der Waals surface area contributed by atoms with Gasteiger partial charge in [0.2, 0.25) is 0 Å². The summed E-state index contributed by atoms with van der Waals surface area (Å²) < 4.78 is 1.27. The molecule has 0 saturated carbocycles. The fraction of sp³-hybridized carbons (Fsp3) is 0. The summed E-state index contributed by atoms with van der Waals surface area (Å²) in [6.45, 7) is 0. The smallest absolute Gasteiger partial charge is 0.0862 e. The van der Waals surface area contributed by atoms with Gasteiger partial charge in [0.15, 0.2) is 0 Å². The number of nitrogens with two attached hydrogens (primary N) is 1. The Morgan fingerprint density at radius 3 is 2.88 bits per heavy atom. The monoisotopic (exact) mass is 258 g/mol. The summed E-state index contributed by atoms with van der Waals surface area (Å²) in [5, 5.41) is 3.10. The van der Waals surface area contributed by atoms with E-state index in [9.17, 15) is 0 Å². The zero-order valence-electron chi connectivity index (χ0n) is 8.96. The molecule has 0 spiro atoms. The lowest BCUT2D eigenvalue weighted by Gasteiger charge is -2.06. The minimum absolute atomic E-state index is 0.781. The minimum Gasteiger partial charge on any atom is -0.398 e.